The summed E-state index contributed by atoms with van der Waals surface area (Å²) in [6.07, 6.45) is 0.719. The van der Waals surface area contributed by atoms with Crippen LogP contribution in [0.5, 0.6) is 0 Å². The molecule has 1 aliphatic rings. The highest BCUT2D eigenvalue weighted by Gasteiger charge is 2.29. The average molecular weight is 459 g/mol. The summed E-state index contributed by atoms with van der Waals surface area (Å²) in [6, 6.07) is 3.67. The van der Waals surface area contributed by atoms with Gasteiger partial charge in [0.15, 0.2) is 0 Å². The Morgan fingerprint density at radius 2 is 2.00 bits per heavy atom. The van der Waals surface area contributed by atoms with Crippen LogP contribution in [-0.2, 0) is 15.9 Å². The van der Waals surface area contributed by atoms with Crippen molar-refractivity contribution in [2.24, 2.45) is 0 Å². The van der Waals surface area contributed by atoms with Gasteiger partial charge >= 0.3 is 6.09 Å². The maximum Gasteiger partial charge on any atom is 0.409 e. The van der Waals surface area contributed by atoms with Crippen LogP contribution in [0.25, 0.3) is 16.9 Å². The number of imidazole rings is 1. The van der Waals surface area contributed by atoms with Gasteiger partial charge in [-0.3, -0.25) is 9.20 Å². The van der Waals surface area contributed by atoms with E-state index in [4.69, 9.17) is 9.47 Å². The Bertz CT molecular complexity index is 1210. The number of halogens is 2. The predicted octanol–water partition coefficient (Wildman–Crippen LogP) is 2.35. The molecule has 2 amide bonds. The highest BCUT2D eigenvalue weighted by molar-refractivity contribution is 5.94. The Morgan fingerprint density at radius 3 is 2.67 bits per heavy atom. The lowest BCUT2D eigenvalue weighted by molar-refractivity contribution is -0.0240. The van der Waals surface area contributed by atoms with E-state index < -0.39 is 29.7 Å². The van der Waals surface area contributed by atoms with Gasteiger partial charge < -0.3 is 19.7 Å². The number of rotatable bonds is 4. The summed E-state index contributed by atoms with van der Waals surface area (Å²) >= 11 is 0. The van der Waals surface area contributed by atoms with Crippen molar-refractivity contribution in [1.82, 2.24) is 24.6 Å². The maximum atomic E-state index is 15.2. The first-order valence-corrected chi connectivity index (χ1v) is 10.3. The number of fused-ring (bicyclic) bond motifs is 1. The largest absolute Gasteiger partial charge is 0.453 e. The molecule has 0 unspecified atom stereocenters. The fourth-order valence-electron chi connectivity index (χ4n) is 3.93. The lowest BCUT2D eigenvalue weighted by Crippen LogP contribution is -2.46. The Balaban J connectivity index is 1.79. The summed E-state index contributed by atoms with van der Waals surface area (Å²) in [5.41, 5.74) is 1.25. The van der Waals surface area contributed by atoms with E-state index in [1.807, 2.05) is 0 Å². The minimum Gasteiger partial charge on any atom is -0.453 e. The van der Waals surface area contributed by atoms with Crippen molar-refractivity contribution in [3.05, 3.63) is 53.1 Å². The summed E-state index contributed by atoms with van der Waals surface area (Å²) in [5.74, 6) is -2.41. The summed E-state index contributed by atoms with van der Waals surface area (Å²) < 4.78 is 42.4. The van der Waals surface area contributed by atoms with Gasteiger partial charge in [-0.25, -0.2) is 23.5 Å². The van der Waals surface area contributed by atoms with Gasteiger partial charge in [-0.15, -0.1) is 0 Å². The van der Waals surface area contributed by atoms with Gasteiger partial charge in [-0.2, -0.15) is 0 Å². The molecule has 3 aromatic rings. The van der Waals surface area contributed by atoms with E-state index in [0.29, 0.717) is 30.2 Å². The van der Waals surface area contributed by atoms with Crippen LogP contribution in [0.2, 0.25) is 0 Å². The van der Waals surface area contributed by atoms with Crippen LogP contribution in [-0.4, -0.2) is 71.2 Å². The number of hydrogen-bond donors (Lipinski definition) is 1. The molecule has 1 fully saturated rings. The zero-order chi connectivity index (χ0) is 23.7. The van der Waals surface area contributed by atoms with E-state index in [2.05, 4.69) is 15.3 Å². The maximum absolute atomic E-state index is 15.2. The molecular formula is C22H23F2N5O4. The monoisotopic (exact) mass is 459 g/mol. The number of aromatic nitrogens is 3. The van der Waals surface area contributed by atoms with E-state index in [0.717, 1.165) is 12.1 Å². The van der Waals surface area contributed by atoms with Gasteiger partial charge in [-0.1, -0.05) is 0 Å². The zero-order valence-electron chi connectivity index (χ0n) is 18.4. The molecule has 0 radical (unpaired) electrons. The highest BCUT2D eigenvalue weighted by Crippen LogP contribution is 2.32. The second-order valence-electron chi connectivity index (χ2n) is 7.67. The molecular weight excluding hydrogens is 436 g/mol. The molecule has 0 aliphatic carbocycles. The smallest absolute Gasteiger partial charge is 0.409 e. The first-order chi connectivity index (χ1) is 15.8. The topological polar surface area (TPSA) is 98.1 Å². The van der Waals surface area contributed by atoms with E-state index in [-0.39, 0.29) is 29.8 Å². The number of ether oxygens (including phenoxy) is 2. The Kier molecular flexibility index (Phi) is 6.23. The first-order valence-electron chi connectivity index (χ1n) is 10.3. The molecule has 1 saturated heterocycles. The molecule has 9 nitrogen and oxygen atoms in total. The molecule has 174 valence electrons. The number of methoxy groups -OCH3 is 1. The van der Waals surface area contributed by atoms with Crippen LogP contribution in [0.1, 0.15) is 21.7 Å². The zero-order valence-corrected chi connectivity index (χ0v) is 18.4. The molecule has 1 atom stereocenters. The van der Waals surface area contributed by atoms with Crippen LogP contribution >= 0.6 is 0 Å². The minimum atomic E-state index is -0.905. The van der Waals surface area contributed by atoms with Crippen molar-refractivity contribution in [1.29, 1.82) is 0 Å². The number of nitrogens with one attached hydrogen (secondary N) is 1. The number of amides is 2. The third-order valence-electron chi connectivity index (χ3n) is 5.49. The third-order valence-corrected chi connectivity index (χ3v) is 5.49. The van der Waals surface area contributed by atoms with Crippen LogP contribution in [0, 0.1) is 18.6 Å². The standard InChI is InChI=1S/C22H23F2N5O4/c1-12-6-18-27-17(9-14-10-28(4-5-33-14)22(31)32-3)20(29(18)11-26-12)19-15(23)7-13(8-16(19)24)21(30)25-2/h6-8,11,14H,4-5,9-10H2,1-3H3,(H,25,30)/t14-/m0/s1. The van der Waals surface area contributed by atoms with Gasteiger partial charge in [-0.05, 0) is 19.1 Å². The number of morpholine rings is 1. The second-order valence-corrected chi connectivity index (χ2v) is 7.67. The van der Waals surface area contributed by atoms with Crippen molar-refractivity contribution in [3.63, 3.8) is 0 Å². The normalized spacial score (nSPS) is 16.2. The summed E-state index contributed by atoms with van der Waals surface area (Å²) in [4.78, 5) is 34.1. The fraction of sp³-hybridized carbons (Fsp3) is 0.364. The number of aryl methyl sites for hydroxylation is 1. The molecule has 4 rings (SSSR count). The third kappa shape index (κ3) is 4.36. The quantitative estimate of drug-likeness (QED) is 0.643. The molecule has 33 heavy (non-hydrogen) atoms. The highest BCUT2D eigenvalue weighted by atomic mass is 19.1. The van der Waals surface area contributed by atoms with Gasteiger partial charge in [0, 0.05) is 37.3 Å². The molecule has 2 aromatic heterocycles. The predicted molar refractivity (Wildman–Crippen MR) is 114 cm³/mol. The number of carbonyl (C=O) groups excluding carboxylic acids is 2. The van der Waals surface area contributed by atoms with Gasteiger partial charge in [0.2, 0.25) is 0 Å². The van der Waals surface area contributed by atoms with Crippen molar-refractivity contribution in [3.8, 4) is 11.3 Å². The van der Waals surface area contributed by atoms with Gasteiger partial charge in [0.1, 0.15) is 23.6 Å². The summed E-state index contributed by atoms with van der Waals surface area (Å²) in [7, 11) is 2.68. The molecule has 0 spiro atoms. The van der Waals surface area contributed by atoms with E-state index in [1.165, 1.54) is 29.8 Å². The van der Waals surface area contributed by atoms with Crippen LogP contribution in [0.15, 0.2) is 24.5 Å². The molecule has 11 heteroatoms. The number of nitrogens with zero attached hydrogens (tertiary/aromatic N) is 4. The van der Waals surface area contributed by atoms with E-state index >= 15 is 8.78 Å². The van der Waals surface area contributed by atoms with E-state index in [1.54, 1.807) is 13.0 Å². The van der Waals surface area contributed by atoms with Crippen LogP contribution in [0.3, 0.4) is 0 Å². The van der Waals surface area contributed by atoms with Crippen molar-refractivity contribution >= 4 is 17.6 Å². The Hall–Kier alpha value is -3.60. The molecule has 0 saturated carbocycles. The SMILES string of the molecule is CNC(=O)c1cc(F)c(-c2c(C[C@H]3CN(C(=O)OC)CCO3)nc3cc(C)ncn23)c(F)c1. The first kappa shape index (κ1) is 22.6. The summed E-state index contributed by atoms with van der Waals surface area (Å²) in [6.45, 7) is 2.71. The molecule has 1 aliphatic heterocycles. The number of carbonyl (C=O) groups is 2. The average Bonchev–Trinajstić information content (AvgIpc) is 3.14. The lowest BCUT2D eigenvalue weighted by atomic mass is 10.0. The number of hydrogen-bond acceptors (Lipinski definition) is 6. The molecule has 1 N–H and O–H groups in total. The van der Waals surface area contributed by atoms with Crippen molar-refractivity contribution in [2.75, 3.05) is 33.9 Å². The van der Waals surface area contributed by atoms with Crippen molar-refractivity contribution < 1.29 is 27.8 Å². The van der Waals surface area contributed by atoms with Crippen molar-refractivity contribution in [2.45, 2.75) is 19.4 Å². The summed E-state index contributed by atoms with van der Waals surface area (Å²) in [5, 5.41) is 2.35. The Morgan fingerprint density at radius 1 is 1.27 bits per heavy atom. The van der Waals surface area contributed by atoms with Gasteiger partial charge in [0.25, 0.3) is 5.91 Å². The van der Waals surface area contributed by atoms with Crippen LogP contribution < -0.4 is 5.32 Å². The van der Waals surface area contributed by atoms with Gasteiger partial charge in [0.05, 0.1) is 43.3 Å². The fourth-order valence-corrected chi connectivity index (χ4v) is 3.93. The molecule has 0 bridgehead atoms. The minimum absolute atomic E-state index is 0.134. The number of benzene rings is 1. The lowest BCUT2D eigenvalue weighted by Gasteiger charge is -2.31. The molecule has 1 aromatic carbocycles. The van der Waals surface area contributed by atoms with E-state index in [9.17, 15) is 9.59 Å². The Labute approximate surface area is 188 Å². The van der Waals surface area contributed by atoms with Crippen LogP contribution in [0.4, 0.5) is 13.6 Å². The second kappa shape index (κ2) is 9.10. The molecule has 3 heterocycles.